The minimum Gasteiger partial charge on any atom is -0.358 e. The van der Waals surface area contributed by atoms with Crippen molar-refractivity contribution >= 4 is 5.91 Å². The minimum absolute atomic E-state index is 0.0464. The van der Waals surface area contributed by atoms with Gasteiger partial charge in [-0.15, -0.1) is 0 Å². The van der Waals surface area contributed by atoms with E-state index in [1.165, 1.54) is 6.07 Å². The Balaban J connectivity index is 2.12. The third-order valence-corrected chi connectivity index (χ3v) is 3.30. The highest BCUT2D eigenvalue weighted by Crippen LogP contribution is 2.32. The number of hydrogen-bond donors (Lipinski definition) is 2. The van der Waals surface area contributed by atoms with E-state index in [9.17, 15) is 9.18 Å². The van der Waals surface area contributed by atoms with E-state index < -0.39 is 0 Å². The lowest BCUT2D eigenvalue weighted by atomic mass is 10.1. The molecule has 0 saturated heterocycles. The van der Waals surface area contributed by atoms with Crippen molar-refractivity contribution in [2.45, 2.75) is 31.8 Å². The predicted molar refractivity (Wildman–Crippen MR) is 64.1 cm³/mol. The van der Waals surface area contributed by atoms with Crippen molar-refractivity contribution in [2.24, 2.45) is 0 Å². The molecule has 0 aromatic heterocycles. The van der Waals surface area contributed by atoms with Crippen LogP contribution in [-0.2, 0) is 11.2 Å². The zero-order chi connectivity index (χ0) is 12.4. The van der Waals surface area contributed by atoms with Crippen LogP contribution in [0.15, 0.2) is 18.2 Å². The van der Waals surface area contributed by atoms with E-state index in [1.54, 1.807) is 13.1 Å². The van der Waals surface area contributed by atoms with Gasteiger partial charge < -0.3 is 5.32 Å². The normalized spacial score (nSPS) is 19.8. The molecule has 0 fully saturated rings. The van der Waals surface area contributed by atoms with E-state index in [0.29, 0.717) is 0 Å². The first-order chi connectivity index (χ1) is 8.13. The molecule has 0 radical (unpaired) electrons. The molecule has 1 aliphatic rings. The number of fused-ring (bicyclic) bond motifs is 1. The Morgan fingerprint density at radius 3 is 3.00 bits per heavy atom. The van der Waals surface area contributed by atoms with Gasteiger partial charge in [0.05, 0.1) is 6.04 Å². The molecule has 1 aromatic rings. The molecular formula is C13H17FN2O. The molecule has 92 valence electrons. The summed E-state index contributed by atoms with van der Waals surface area (Å²) >= 11 is 0. The van der Waals surface area contributed by atoms with Crippen molar-refractivity contribution in [3.8, 4) is 0 Å². The van der Waals surface area contributed by atoms with E-state index in [0.717, 1.165) is 24.0 Å². The third-order valence-electron chi connectivity index (χ3n) is 3.30. The van der Waals surface area contributed by atoms with Crippen LogP contribution in [0.1, 0.15) is 30.5 Å². The van der Waals surface area contributed by atoms with E-state index >= 15 is 0 Å². The van der Waals surface area contributed by atoms with Gasteiger partial charge in [-0.2, -0.15) is 0 Å². The number of hydrogen-bond acceptors (Lipinski definition) is 2. The molecule has 0 bridgehead atoms. The summed E-state index contributed by atoms with van der Waals surface area (Å²) < 4.78 is 13.5. The molecular weight excluding hydrogens is 219 g/mol. The van der Waals surface area contributed by atoms with Gasteiger partial charge in [0.25, 0.3) is 0 Å². The second-order valence-electron chi connectivity index (χ2n) is 4.40. The Kier molecular flexibility index (Phi) is 3.43. The highest BCUT2D eigenvalue weighted by Gasteiger charge is 2.26. The summed E-state index contributed by atoms with van der Waals surface area (Å²) in [5, 5.41) is 5.83. The number of carbonyl (C=O) groups is 1. The molecule has 1 aromatic carbocycles. The topological polar surface area (TPSA) is 41.1 Å². The van der Waals surface area contributed by atoms with Crippen molar-refractivity contribution in [3.05, 3.63) is 35.1 Å². The molecule has 2 rings (SSSR count). The quantitative estimate of drug-likeness (QED) is 0.835. The Morgan fingerprint density at radius 2 is 2.29 bits per heavy atom. The number of rotatable bonds is 3. The summed E-state index contributed by atoms with van der Waals surface area (Å²) in [6.07, 6.45) is 1.58. The average Bonchev–Trinajstić information content (AvgIpc) is 2.73. The van der Waals surface area contributed by atoms with Crippen LogP contribution < -0.4 is 10.6 Å². The zero-order valence-corrected chi connectivity index (χ0v) is 10.1. The van der Waals surface area contributed by atoms with Crippen LogP contribution in [0.25, 0.3) is 0 Å². The van der Waals surface area contributed by atoms with Crippen LogP contribution in [0.5, 0.6) is 0 Å². The predicted octanol–water partition coefficient (Wildman–Crippen LogP) is 1.54. The van der Waals surface area contributed by atoms with Crippen molar-refractivity contribution in [1.29, 1.82) is 0 Å². The lowest BCUT2D eigenvalue weighted by Crippen LogP contribution is -2.41. The van der Waals surface area contributed by atoms with Gasteiger partial charge in [-0.05, 0) is 37.0 Å². The summed E-state index contributed by atoms with van der Waals surface area (Å²) in [4.78, 5) is 11.4. The number of halogens is 1. The van der Waals surface area contributed by atoms with Gasteiger partial charge in [0.15, 0.2) is 0 Å². The number of amides is 1. The molecule has 0 spiro atoms. The Hall–Kier alpha value is -1.42. The van der Waals surface area contributed by atoms with E-state index in [2.05, 4.69) is 10.6 Å². The molecule has 2 N–H and O–H groups in total. The van der Waals surface area contributed by atoms with Gasteiger partial charge in [0.2, 0.25) is 5.91 Å². The Labute approximate surface area is 100 Å². The maximum Gasteiger partial charge on any atom is 0.236 e. The molecule has 1 amide bonds. The monoisotopic (exact) mass is 236 g/mol. The SMILES string of the molecule is CNC(=O)C(C)NC1CCc2c(F)cccc21. The number of benzene rings is 1. The fourth-order valence-corrected chi connectivity index (χ4v) is 2.38. The Morgan fingerprint density at radius 1 is 1.53 bits per heavy atom. The lowest BCUT2D eigenvalue weighted by molar-refractivity contribution is -0.122. The summed E-state index contributed by atoms with van der Waals surface area (Å²) in [6.45, 7) is 1.82. The average molecular weight is 236 g/mol. The smallest absolute Gasteiger partial charge is 0.236 e. The lowest BCUT2D eigenvalue weighted by Gasteiger charge is -2.19. The standard InChI is InChI=1S/C13H17FN2O/c1-8(13(17)15-2)16-12-7-6-9-10(12)4-3-5-11(9)14/h3-5,8,12,16H,6-7H2,1-2H3,(H,15,17). The third kappa shape index (κ3) is 2.31. The summed E-state index contributed by atoms with van der Waals surface area (Å²) in [6, 6.07) is 4.95. The highest BCUT2D eigenvalue weighted by molar-refractivity contribution is 5.81. The highest BCUT2D eigenvalue weighted by atomic mass is 19.1. The van der Waals surface area contributed by atoms with Crippen LogP contribution >= 0.6 is 0 Å². The first-order valence-corrected chi connectivity index (χ1v) is 5.88. The van der Waals surface area contributed by atoms with E-state index in [1.807, 2.05) is 13.0 Å². The van der Waals surface area contributed by atoms with Crippen LogP contribution in [0.4, 0.5) is 4.39 Å². The van der Waals surface area contributed by atoms with Crippen molar-refractivity contribution in [3.63, 3.8) is 0 Å². The first-order valence-electron chi connectivity index (χ1n) is 5.88. The molecule has 0 aliphatic heterocycles. The minimum atomic E-state index is -0.265. The molecule has 1 aliphatic carbocycles. The zero-order valence-electron chi connectivity index (χ0n) is 10.1. The molecule has 4 heteroatoms. The molecule has 17 heavy (non-hydrogen) atoms. The summed E-state index contributed by atoms with van der Waals surface area (Å²) in [5.74, 6) is -0.186. The van der Waals surface area contributed by atoms with E-state index in [-0.39, 0.29) is 23.8 Å². The van der Waals surface area contributed by atoms with Crippen LogP contribution in [0.3, 0.4) is 0 Å². The van der Waals surface area contributed by atoms with Gasteiger partial charge in [-0.3, -0.25) is 10.1 Å². The van der Waals surface area contributed by atoms with Gasteiger partial charge in [-0.1, -0.05) is 12.1 Å². The second kappa shape index (κ2) is 4.84. The van der Waals surface area contributed by atoms with Crippen molar-refractivity contribution in [2.75, 3.05) is 7.05 Å². The number of likely N-dealkylation sites (N-methyl/N-ethyl adjacent to an activating group) is 1. The summed E-state index contributed by atoms with van der Waals surface area (Å²) in [7, 11) is 1.61. The van der Waals surface area contributed by atoms with Crippen molar-refractivity contribution in [1.82, 2.24) is 10.6 Å². The second-order valence-corrected chi connectivity index (χ2v) is 4.40. The maximum absolute atomic E-state index is 13.5. The van der Waals surface area contributed by atoms with Gasteiger partial charge in [-0.25, -0.2) is 4.39 Å². The molecule has 0 saturated carbocycles. The number of nitrogens with one attached hydrogen (secondary N) is 2. The summed E-state index contributed by atoms with van der Waals surface area (Å²) in [5.41, 5.74) is 1.77. The number of carbonyl (C=O) groups excluding carboxylic acids is 1. The van der Waals surface area contributed by atoms with Crippen LogP contribution in [-0.4, -0.2) is 19.0 Å². The molecule has 0 heterocycles. The van der Waals surface area contributed by atoms with Gasteiger partial charge in [0.1, 0.15) is 5.82 Å². The van der Waals surface area contributed by atoms with Crippen LogP contribution in [0.2, 0.25) is 0 Å². The first kappa shape index (κ1) is 12.0. The van der Waals surface area contributed by atoms with Crippen molar-refractivity contribution < 1.29 is 9.18 Å². The molecule has 2 atom stereocenters. The van der Waals surface area contributed by atoms with Gasteiger partial charge in [0, 0.05) is 13.1 Å². The Bertz CT molecular complexity index is 433. The fourth-order valence-electron chi connectivity index (χ4n) is 2.38. The fraction of sp³-hybridized carbons (Fsp3) is 0.462. The maximum atomic E-state index is 13.5. The van der Waals surface area contributed by atoms with Crippen LogP contribution in [0, 0.1) is 5.82 Å². The van der Waals surface area contributed by atoms with E-state index in [4.69, 9.17) is 0 Å². The molecule has 2 unspecified atom stereocenters. The molecule has 3 nitrogen and oxygen atoms in total. The largest absolute Gasteiger partial charge is 0.358 e. The van der Waals surface area contributed by atoms with Gasteiger partial charge >= 0.3 is 0 Å².